The smallest absolute Gasteiger partial charge is 0.240 e. The molecule has 4 heteroatoms. The van der Waals surface area contributed by atoms with Gasteiger partial charge in [0.15, 0.2) is 0 Å². The van der Waals surface area contributed by atoms with Crippen molar-refractivity contribution < 1.29 is 4.79 Å². The fourth-order valence-corrected chi connectivity index (χ4v) is 2.32. The van der Waals surface area contributed by atoms with Gasteiger partial charge in [-0.2, -0.15) is 0 Å². The summed E-state index contributed by atoms with van der Waals surface area (Å²) in [6, 6.07) is 8.61. The summed E-state index contributed by atoms with van der Waals surface area (Å²) in [7, 11) is 1.94. The summed E-state index contributed by atoms with van der Waals surface area (Å²) >= 11 is 0. The molecule has 2 aromatic rings. The van der Waals surface area contributed by atoms with Crippen LogP contribution in [0.1, 0.15) is 26.3 Å². The number of fused-ring (bicyclic) bond motifs is 1. The molecule has 114 valence electrons. The Bertz CT molecular complexity index is 616. The summed E-state index contributed by atoms with van der Waals surface area (Å²) in [5, 5.41) is 7.37. The Morgan fingerprint density at radius 3 is 2.67 bits per heavy atom. The van der Waals surface area contributed by atoms with Crippen LogP contribution in [0.2, 0.25) is 0 Å². The van der Waals surface area contributed by atoms with E-state index in [4.69, 9.17) is 0 Å². The molecular formula is C17H25N3O. The van der Waals surface area contributed by atoms with Gasteiger partial charge in [-0.3, -0.25) is 4.79 Å². The Hall–Kier alpha value is -1.81. The van der Waals surface area contributed by atoms with Gasteiger partial charge >= 0.3 is 0 Å². The van der Waals surface area contributed by atoms with Crippen molar-refractivity contribution in [3.8, 4) is 0 Å². The van der Waals surface area contributed by atoms with Crippen LogP contribution in [0.3, 0.4) is 0 Å². The Labute approximate surface area is 126 Å². The first-order valence-corrected chi connectivity index (χ1v) is 7.53. The first-order chi connectivity index (χ1) is 10.0. The molecule has 1 aromatic heterocycles. The van der Waals surface area contributed by atoms with Crippen LogP contribution in [0.4, 0.5) is 0 Å². The summed E-state index contributed by atoms with van der Waals surface area (Å²) < 4.78 is 2.00. The predicted molar refractivity (Wildman–Crippen MR) is 87.1 cm³/mol. The molecule has 1 unspecified atom stereocenters. The van der Waals surface area contributed by atoms with Crippen LogP contribution in [0.15, 0.2) is 30.5 Å². The van der Waals surface area contributed by atoms with Crippen molar-refractivity contribution in [3.05, 3.63) is 36.0 Å². The number of hydrogen-bond donors (Lipinski definition) is 2. The van der Waals surface area contributed by atoms with Gasteiger partial charge in [0.25, 0.3) is 0 Å². The van der Waals surface area contributed by atoms with Crippen molar-refractivity contribution in [2.45, 2.75) is 39.9 Å². The molecule has 0 aliphatic heterocycles. The number of nitrogens with zero attached hydrogens (tertiary/aromatic N) is 1. The third-order valence-electron chi connectivity index (χ3n) is 3.92. The lowest BCUT2D eigenvalue weighted by molar-refractivity contribution is -0.122. The molecule has 1 amide bonds. The van der Waals surface area contributed by atoms with Crippen molar-refractivity contribution in [1.29, 1.82) is 0 Å². The molecule has 0 aliphatic rings. The number of hydrogen-bond acceptors (Lipinski definition) is 2. The molecule has 0 saturated carbocycles. The van der Waals surface area contributed by atoms with E-state index in [0.29, 0.717) is 12.5 Å². The van der Waals surface area contributed by atoms with E-state index in [0.717, 1.165) is 12.1 Å². The van der Waals surface area contributed by atoms with Crippen molar-refractivity contribution in [2.75, 3.05) is 7.05 Å². The highest BCUT2D eigenvalue weighted by molar-refractivity contribution is 5.84. The van der Waals surface area contributed by atoms with E-state index in [1.54, 1.807) is 0 Å². The van der Waals surface area contributed by atoms with E-state index in [2.05, 4.69) is 48.7 Å². The highest BCUT2D eigenvalue weighted by Gasteiger charge is 2.12. The zero-order valence-corrected chi connectivity index (χ0v) is 13.3. The van der Waals surface area contributed by atoms with Gasteiger partial charge in [0.1, 0.15) is 6.54 Å². The second-order valence-corrected chi connectivity index (χ2v) is 5.97. The Morgan fingerprint density at radius 2 is 2.00 bits per heavy atom. The minimum absolute atomic E-state index is 0.0630. The van der Waals surface area contributed by atoms with Gasteiger partial charge < -0.3 is 15.2 Å². The van der Waals surface area contributed by atoms with Crippen molar-refractivity contribution >= 4 is 16.8 Å². The summed E-state index contributed by atoms with van der Waals surface area (Å²) in [5.74, 6) is 0.507. The molecular weight excluding hydrogens is 262 g/mol. The molecule has 21 heavy (non-hydrogen) atoms. The fourth-order valence-electron chi connectivity index (χ4n) is 2.32. The van der Waals surface area contributed by atoms with E-state index in [-0.39, 0.29) is 11.9 Å². The molecule has 4 nitrogen and oxygen atoms in total. The van der Waals surface area contributed by atoms with Gasteiger partial charge in [-0.15, -0.1) is 0 Å². The lowest BCUT2D eigenvalue weighted by atomic mass is 10.1. The van der Waals surface area contributed by atoms with E-state index >= 15 is 0 Å². The molecule has 2 N–H and O–H groups in total. The standard InChI is InChI=1S/C17H25N3O/c1-12(2)13(3)19-17(21)11-20-8-7-15-9-14(10-18-4)5-6-16(15)20/h5-9,12-13,18H,10-11H2,1-4H3,(H,19,21). The number of carbonyl (C=O) groups excluding carboxylic acids is 1. The summed E-state index contributed by atoms with van der Waals surface area (Å²) in [6.07, 6.45) is 1.98. The highest BCUT2D eigenvalue weighted by atomic mass is 16.2. The minimum atomic E-state index is 0.0630. The number of carbonyl (C=O) groups is 1. The Balaban J connectivity index is 2.10. The molecule has 0 aliphatic carbocycles. The fraction of sp³-hybridized carbons (Fsp3) is 0.471. The van der Waals surface area contributed by atoms with Crippen LogP contribution < -0.4 is 10.6 Å². The van der Waals surface area contributed by atoms with Crippen LogP contribution in [-0.4, -0.2) is 23.6 Å². The number of amides is 1. The molecule has 1 atom stereocenters. The average molecular weight is 287 g/mol. The van der Waals surface area contributed by atoms with Gasteiger partial charge in [-0.1, -0.05) is 19.9 Å². The Morgan fingerprint density at radius 1 is 1.24 bits per heavy atom. The highest BCUT2D eigenvalue weighted by Crippen LogP contribution is 2.17. The monoisotopic (exact) mass is 287 g/mol. The van der Waals surface area contributed by atoms with Crippen molar-refractivity contribution in [1.82, 2.24) is 15.2 Å². The summed E-state index contributed by atoms with van der Waals surface area (Å²) in [5.41, 5.74) is 2.35. The molecule has 0 saturated heterocycles. The van der Waals surface area contributed by atoms with Gasteiger partial charge in [-0.05, 0) is 49.0 Å². The van der Waals surface area contributed by atoms with E-state index < -0.39 is 0 Å². The largest absolute Gasteiger partial charge is 0.352 e. The summed E-state index contributed by atoms with van der Waals surface area (Å²) in [6.45, 7) is 7.48. The van der Waals surface area contributed by atoms with Crippen LogP contribution in [0.25, 0.3) is 10.9 Å². The minimum Gasteiger partial charge on any atom is -0.352 e. The first kappa shape index (κ1) is 15.6. The molecule has 0 spiro atoms. The average Bonchev–Trinajstić information content (AvgIpc) is 2.81. The second kappa shape index (κ2) is 6.76. The van der Waals surface area contributed by atoms with E-state index in [9.17, 15) is 4.79 Å². The number of aromatic nitrogens is 1. The van der Waals surface area contributed by atoms with Gasteiger partial charge in [0.2, 0.25) is 5.91 Å². The molecule has 1 heterocycles. The maximum absolute atomic E-state index is 12.1. The number of rotatable bonds is 6. The lowest BCUT2D eigenvalue weighted by Crippen LogP contribution is -2.38. The second-order valence-electron chi connectivity index (χ2n) is 5.97. The van der Waals surface area contributed by atoms with Crippen LogP contribution in [0.5, 0.6) is 0 Å². The van der Waals surface area contributed by atoms with Crippen molar-refractivity contribution in [2.24, 2.45) is 5.92 Å². The first-order valence-electron chi connectivity index (χ1n) is 7.53. The molecule has 0 fully saturated rings. The third-order valence-corrected chi connectivity index (χ3v) is 3.92. The zero-order chi connectivity index (χ0) is 15.4. The molecule has 2 rings (SSSR count). The lowest BCUT2D eigenvalue weighted by Gasteiger charge is -2.17. The number of nitrogens with one attached hydrogen (secondary N) is 2. The van der Waals surface area contributed by atoms with Crippen LogP contribution in [-0.2, 0) is 17.9 Å². The molecule has 0 bridgehead atoms. The van der Waals surface area contributed by atoms with Crippen LogP contribution >= 0.6 is 0 Å². The molecule has 1 aromatic carbocycles. The van der Waals surface area contributed by atoms with E-state index in [1.165, 1.54) is 10.9 Å². The van der Waals surface area contributed by atoms with Crippen molar-refractivity contribution in [3.63, 3.8) is 0 Å². The van der Waals surface area contributed by atoms with Gasteiger partial charge in [0, 0.05) is 24.3 Å². The quantitative estimate of drug-likeness (QED) is 0.857. The predicted octanol–water partition coefficient (Wildman–Crippen LogP) is 2.52. The maximum Gasteiger partial charge on any atom is 0.240 e. The topological polar surface area (TPSA) is 46.1 Å². The normalized spacial score (nSPS) is 12.8. The summed E-state index contributed by atoms with van der Waals surface area (Å²) in [4.78, 5) is 12.1. The Kier molecular flexibility index (Phi) is 5.02. The van der Waals surface area contributed by atoms with Gasteiger partial charge in [-0.25, -0.2) is 0 Å². The molecule has 0 radical (unpaired) electrons. The SMILES string of the molecule is CNCc1ccc2c(ccn2CC(=O)NC(C)C(C)C)c1. The van der Waals surface area contributed by atoms with E-state index in [1.807, 2.05) is 24.7 Å². The third kappa shape index (κ3) is 3.85. The maximum atomic E-state index is 12.1. The van der Waals surface area contributed by atoms with Gasteiger partial charge in [0.05, 0.1) is 0 Å². The zero-order valence-electron chi connectivity index (χ0n) is 13.3. The number of benzene rings is 1. The van der Waals surface area contributed by atoms with Crippen LogP contribution in [0, 0.1) is 5.92 Å².